The zero-order valence-corrected chi connectivity index (χ0v) is 9.11. The summed E-state index contributed by atoms with van der Waals surface area (Å²) in [5.41, 5.74) is 7.70. The van der Waals surface area contributed by atoms with Crippen LogP contribution in [0.4, 0.5) is 5.82 Å². The second kappa shape index (κ2) is 3.53. The first kappa shape index (κ1) is 9.23. The second-order valence-corrected chi connectivity index (χ2v) is 4.22. The second-order valence-electron chi connectivity index (χ2n) is 3.30. The van der Waals surface area contributed by atoms with Crippen molar-refractivity contribution in [1.82, 2.24) is 15.0 Å². The first-order chi connectivity index (χ1) is 7.84. The van der Waals surface area contributed by atoms with Crippen molar-refractivity contribution in [3.63, 3.8) is 0 Å². The van der Waals surface area contributed by atoms with Crippen LogP contribution in [0.1, 0.15) is 0 Å². The molecule has 2 N–H and O–H groups in total. The molecule has 0 radical (unpaired) electrons. The molecule has 0 aliphatic carbocycles. The van der Waals surface area contributed by atoms with Crippen molar-refractivity contribution in [2.24, 2.45) is 0 Å². The minimum absolute atomic E-state index is 0.534. The van der Waals surface area contributed by atoms with Crippen LogP contribution in [0, 0.1) is 0 Å². The number of aromatic nitrogens is 3. The fourth-order valence-electron chi connectivity index (χ4n) is 1.52. The number of pyridine rings is 1. The van der Waals surface area contributed by atoms with E-state index in [2.05, 4.69) is 15.0 Å². The van der Waals surface area contributed by atoms with Crippen molar-refractivity contribution >= 4 is 27.4 Å². The van der Waals surface area contributed by atoms with E-state index in [9.17, 15) is 0 Å². The lowest BCUT2D eigenvalue weighted by Gasteiger charge is -2.01. The Morgan fingerprint density at radius 1 is 1.06 bits per heavy atom. The Kier molecular flexibility index (Phi) is 2.04. The first-order valence-electron chi connectivity index (χ1n) is 4.76. The average Bonchev–Trinajstić information content (AvgIpc) is 2.79. The lowest BCUT2D eigenvalue weighted by molar-refractivity contribution is 1.22. The van der Waals surface area contributed by atoms with Gasteiger partial charge in [0.1, 0.15) is 5.82 Å². The monoisotopic (exact) mass is 228 g/mol. The van der Waals surface area contributed by atoms with Gasteiger partial charge in [-0.1, -0.05) is 0 Å². The fourth-order valence-corrected chi connectivity index (χ4v) is 2.25. The summed E-state index contributed by atoms with van der Waals surface area (Å²) in [4.78, 5) is 12.7. The third kappa shape index (κ3) is 1.42. The molecule has 0 atom stereocenters. The van der Waals surface area contributed by atoms with Crippen molar-refractivity contribution < 1.29 is 0 Å². The molecule has 0 unspecified atom stereocenters. The van der Waals surface area contributed by atoms with Crippen molar-refractivity contribution in [2.75, 3.05) is 5.73 Å². The number of nitrogen functional groups attached to an aromatic ring is 1. The number of hydrogen-bond donors (Lipinski definition) is 1. The topological polar surface area (TPSA) is 64.7 Å². The standard InChI is InChI=1S/C11H8N4S/c12-10-9-8(3-6-16-9)14-11(15-10)7-1-4-13-5-2-7/h1-6H,(H2,12,14,15). The lowest BCUT2D eigenvalue weighted by atomic mass is 10.2. The van der Waals surface area contributed by atoms with E-state index in [-0.39, 0.29) is 0 Å². The van der Waals surface area contributed by atoms with Gasteiger partial charge in [0.25, 0.3) is 0 Å². The van der Waals surface area contributed by atoms with Crippen molar-refractivity contribution in [3.8, 4) is 11.4 Å². The summed E-state index contributed by atoms with van der Waals surface area (Å²) in [6.45, 7) is 0. The average molecular weight is 228 g/mol. The predicted octanol–water partition coefficient (Wildman–Crippen LogP) is 2.34. The van der Waals surface area contributed by atoms with Gasteiger partial charge in [-0.2, -0.15) is 0 Å². The molecule has 4 nitrogen and oxygen atoms in total. The van der Waals surface area contributed by atoms with Crippen LogP contribution in [0.25, 0.3) is 21.6 Å². The number of fused-ring (bicyclic) bond motifs is 1. The zero-order chi connectivity index (χ0) is 11.0. The third-order valence-electron chi connectivity index (χ3n) is 2.27. The molecule has 0 aliphatic heterocycles. The summed E-state index contributed by atoms with van der Waals surface area (Å²) in [6, 6.07) is 5.68. The highest BCUT2D eigenvalue weighted by Gasteiger charge is 2.07. The molecule has 78 valence electrons. The number of nitrogens with zero attached hydrogens (tertiary/aromatic N) is 3. The minimum Gasteiger partial charge on any atom is -0.382 e. The molecule has 0 amide bonds. The molecule has 0 aromatic carbocycles. The zero-order valence-electron chi connectivity index (χ0n) is 8.29. The molecular formula is C11H8N4S. The number of hydrogen-bond acceptors (Lipinski definition) is 5. The Balaban J connectivity index is 2.25. The number of rotatable bonds is 1. The predicted molar refractivity (Wildman–Crippen MR) is 65.1 cm³/mol. The molecule has 3 rings (SSSR count). The summed E-state index contributed by atoms with van der Waals surface area (Å²) in [7, 11) is 0. The number of thiophene rings is 1. The number of nitrogens with two attached hydrogens (primary N) is 1. The maximum absolute atomic E-state index is 5.88. The van der Waals surface area contributed by atoms with Crippen molar-refractivity contribution in [3.05, 3.63) is 36.0 Å². The molecule has 3 heterocycles. The highest BCUT2D eigenvalue weighted by molar-refractivity contribution is 7.17. The van der Waals surface area contributed by atoms with Gasteiger partial charge in [0, 0.05) is 18.0 Å². The summed E-state index contributed by atoms with van der Waals surface area (Å²) < 4.78 is 0.942. The molecule has 5 heteroatoms. The highest BCUT2D eigenvalue weighted by atomic mass is 32.1. The first-order valence-corrected chi connectivity index (χ1v) is 5.64. The largest absolute Gasteiger partial charge is 0.382 e. The van der Waals surface area contributed by atoms with Crippen LogP contribution >= 0.6 is 11.3 Å². The Hall–Kier alpha value is -2.01. The van der Waals surface area contributed by atoms with E-state index in [0.29, 0.717) is 11.6 Å². The van der Waals surface area contributed by atoms with Crippen molar-refractivity contribution in [1.29, 1.82) is 0 Å². The molecule has 0 saturated carbocycles. The molecule has 0 saturated heterocycles. The minimum atomic E-state index is 0.534. The van der Waals surface area contributed by atoms with E-state index < -0.39 is 0 Å². The van der Waals surface area contributed by atoms with E-state index in [4.69, 9.17) is 5.73 Å². The van der Waals surface area contributed by atoms with E-state index in [1.165, 1.54) is 0 Å². The van der Waals surface area contributed by atoms with Gasteiger partial charge in [-0.15, -0.1) is 11.3 Å². The Bertz CT molecular complexity index is 633. The maximum atomic E-state index is 5.88. The summed E-state index contributed by atoms with van der Waals surface area (Å²) >= 11 is 1.56. The van der Waals surface area contributed by atoms with Crippen LogP contribution in [0.15, 0.2) is 36.0 Å². The van der Waals surface area contributed by atoms with Crippen LogP contribution in [-0.4, -0.2) is 15.0 Å². The molecule has 0 fully saturated rings. The molecule has 0 spiro atoms. The van der Waals surface area contributed by atoms with Gasteiger partial charge in [-0.25, -0.2) is 9.97 Å². The quantitative estimate of drug-likeness (QED) is 0.694. The van der Waals surface area contributed by atoms with E-state index in [1.807, 2.05) is 23.6 Å². The maximum Gasteiger partial charge on any atom is 0.162 e. The highest BCUT2D eigenvalue weighted by Crippen LogP contribution is 2.26. The Morgan fingerprint density at radius 2 is 1.88 bits per heavy atom. The summed E-state index contributed by atoms with van der Waals surface area (Å²) in [6.07, 6.45) is 3.43. The van der Waals surface area contributed by atoms with Gasteiger partial charge >= 0.3 is 0 Å². The molecular weight excluding hydrogens is 220 g/mol. The van der Waals surface area contributed by atoms with Gasteiger partial charge in [0.2, 0.25) is 0 Å². The molecule has 3 aromatic heterocycles. The van der Waals surface area contributed by atoms with E-state index in [1.54, 1.807) is 23.7 Å². The van der Waals surface area contributed by atoms with Crippen LogP contribution in [-0.2, 0) is 0 Å². The van der Waals surface area contributed by atoms with Crippen LogP contribution in [0.2, 0.25) is 0 Å². The van der Waals surface area contributed by atoms with Gasteiger partial charge in [0.15, 0.2) is 5.82 Å². The van der Waals surface area contributed by atoms with Crippen LogP contribution < -0.4 is 5.73 Å². The molecule has 3 aromatic rings. The van der Waals surface area contributed by atoms with Gasteiger partial charge in [0.05, 0.1) is 10.2 Å². The van der Waals surface area contributed by atoms with Gasteiger partial charge in [-0.3, -0.25) is 4.98 Å². The summed E-state index contributed by atoms with van der Waals surface area (Å²) in [5, 5.41) is 1.96. The number of anilines is 1. The van der Waals surface area contributed by atoms with Crippen molar-refractivity contribution in [2.45, 2.75) is 0 Å². The molecule has 0 aliphatic rings. The van der Waals surface area contributed by atoms with Crippen LogP contribution in [0.5, 0.6) is 0 Å². The van der Waals surface area contributed by atoms with Crippen LogP contribution in [0.3, 0.4) is 0 Å². The normalized spacial score (nSPS) is 10.8. The smallest absolute Gasteiger partial charge is 0.162 e. The summed E-state index contributed by atoms with van der Waals surface area (Å²) in [5.74, 6) is 1.18. The SMILES string of the molecule is Nc1nc(-c2ccncc2)nc2ccsc12. The molecule has 16 heavy (non-hydrogen) atoms. The van der Waals surface area contributed by atoms with E-state index >= 15 is 0 Å². The lowest BCUT2D eigenvalue weighted by Crippen LogP contribution is -1.95. The Morgan fingerprint density at radius 3 is 2.69 bits per heavy atom. The molecule has 0 bridgehead atoms. The van der Waals surface area contributed by atoms with Gasteiger partial charge < -0.3 is 5.73 Å². The third-order valence-corrected chi connectivity index (χ3v) is 3.19. The fraction of sp³-hybridized carbons (Fsp3) is 0. The van der Waals surface area contributed by atoms with Gasteiger partial charge in [-0.05, 0) is 23.6 Å². The van der Waals surface area contributed by atoms with E-state index in [0.717, 1.165) is 15.8 Å². The Labute approximate surface area is 95.8 Å².